The molecule has 2 rings (SSSR count). The molecular weight excluding hydrogens is 338 g/mol. The van der Waals surface area contributed by atoms with Gasteiger partial charge in [-0.2, -0.15) is 0 Å². The fraction of sp³-hybridized carbons (Fsp3) is 0.333. The SMILES string of the molecule is CCCS(=O)(=O)NCC(c1ccco1)S(=O)(=O)c1ccccc1. The van der Waals surface area contributed by atoms with Gasteiger partial charge in [0.25, 0.3) is 0 Å². The van der Waals surface area contributed by atoms with Crippen LogP contribution in [0.1, 0.15) is 24.4 Å². The molecule has 1 heterocycles. The van der Waals surface area contributed by atoms with E-state index in [1.54, 1.807) is 31.2 Å². The average Bonchev–Trinajstić information content (AvgIpc) is 3.02. The van der Waals surface area contributed by atoms with Crippen LogP contribution in [-0.2, 0) is 19.9 Å². The summed E-state index contributed by atoms with van der Waals surface area (Å²) in [6, 6.07) is 11.0. The minimum absolute atomic E-state index is 0.0523. The van der Waals surface area contributed by atoms with Crippen molar-refractivity contribution >= 4 is 19.9 Å². The molecule has 0 amide bonds. The maximum atomic E-state index is 12.8. The molecule has 0 saturated carbocycles. The van der Waals surface area contributed by atoms with Crippen LogP contribution in [0.2, 0.25) is 0 Å². The summed E-state index contributed by atoms with van der Waals surface area (Å²) >= 11 is 0. The molecule has 0 spiro atoms. The molecule has 0 saturated heterocycles. The number of sulfone groups is 1. The third-order valence-corrected chi connectivity index (χ3v) is 6.90. The molecule has 1 N–H and O–H groups in total. The summed E-state index contributed by atoms with van der Waals surface area (Å²) in [4.78, 5) is 0.121. The van der Waals surface area contributed by atoms with Crippen molar-refractivity contribution in [3.05, 3.63) is 54.5 Å². The van der Waals surface area contributed by atoms with E-state index in [9.17, 15) is 16.8 Å². The van der Waals surface area contributed by atoms with Crippen LogP contribution in [-0.4, -0.2) is 29.1 Å². The van der Waals surface area contributed by atoms with Gasteiger partial charge in [0.2, 0.25) is 10.0 Å². The number of furan rings is 1. The molecule has 8 heteroatoms. The lowest BCUT2D eigenvalue weighted by molar-refractivity contribution is 0.486. The van der Waals surface area contributed by atoms with Gasteiger partial charge in [-0.05, 0) is 30.7 Å². The van der Waals surface area contributed by atoms with Crippen molar-refractivity contribution in [3.8, 4) is 0 Å². The average molecular weight is 357 g/mol. The highest BCUT2D eigenvalue weighted by molar-refractivity contribution is 7.92. The molecule has 6 nitrogen and oxygen atoms in total. The first kappa shape index (κ1) is 17.7. The predicted molar refractivity (Wildman–Crippen MR) is 87.2 cm³/mol. The molecule has 0 aliphatic carbocycles. The number of rotatable bonds is 8. The maximum Gasteiger partial charge on any atom is 0.211 e. The summed E-state index contributed by atoms with van der Waals surface area (Å²) in [5.74, 6) is 0.150. The van der Waals surface area contributed by atoms with Crippen molar-refractivity contribution in [2.45, 2.75) is 23.5 Å². The summed E-state index contributed by atoms with van der Waals surface area (Å²) in [6.07, 6.45) is 1.82. The molecule has 126 valence electrons. The molecule has 0 bridgehead atoms. The Hall–Kier alpha value is -1.64. The second-order valence-electron chi connectivity index (χ2n) is 5.03. The summed E-state index contributed by atoms with van der Waals surface area (Å²) in [5, 5.41) is -1.12. The molecule has 1 aromatic heterocycles. The monoisotopic (exact) mass is 357 g/mol. The largest absolute Gasteiger partial charge is 0.468 e. The van der Waals surface area contributed by atoms with Gasteiger partial charge in [0.1, 0.15) is 11.0 Å². The van der Waals surface area contributed by atoms with E-state index in [-0.39, 0.29) is 23.0 Å². The molecule has 0 radical (unpaired) electrons. The fourth-order valence-electron chi connectivity index (χ4n) is 2.16. The number of hydrogen-bond acceptors (Lipinski definition) is 5. The summed E-state index contributed by atoms with van der Waals surface area (Å²) in [7, 11) is -7.30. The van der Waals surface area contributed by atoms with Gasteiger partial charge in [-0.25, -0.2) is 21.6 Å². The fourth-order valence-corrected chi connectivity index (χ4v) is 4.97. The van der Waals surface area contributed by atoms with Crippen LogP contribution in [0.4, 0.5) is 0 Å². The van der Waals surface area contributed by atoms with Crippen molar-refractivity contribution in [3.63, 3.8) is 0 Å². The van der Waals surface area contributed by atoms with E-state index in [4.69, 9.17) is 4.42 Å². The minimum Gasteiger partial charge on any atom is -0.468 e. The van der Waals surface area contributed by atoms with Gasteiger partial charge in [-0.15, -0.1) is 0 Å². The van der Waals surface area contributed by atoms with Crippen molar-refractivity contribution in [2.24, 2.45) is 0 Å². The highest BCUT2D eigenvalue weighted by Gasteiger charge is 2.32. The van der Waals surface area contributed by atoms with Gasteiger partial charge >= 0.3 is 0 Å². The van der Waals surface area contributed by atoms with Gasteiger partial charge in [0, 0.05) is 6.54 Å². The first-order valence-corrected chi connectivity index (χ1v) is 10.4. The van der Waals surface area contributed by atoms with E-state index in [0.717, 1.165) is 0 Å². The van der Waals surface area contributed by atoms with E-state index >= 15 is 0 Å². The van der Waals surface area contributed by atoms with Crippen LogP contribution in [0.25, 0.3) is 0 Å². The molecule has 0 aliphatic rings. The van der Waals surface area contributed by atoms with E-state index in [2.05, 4.69) is 4.72 Å². The highest BCUT2D eigenvalue weighted by Crippen LogP contribution is 2.28. The number of nitrogens with one attached hydrogen (secondary N) is 1. The Bertz CT molecular complexity index is 812. The zero-order valence-corrected chi connectivity index (χ0v) is 14.3. The Balaban J connectivity index is 2.33. The third-order valence-electron chi connectivity index (χ3n) is 3.27. The second-order valence-corrected chi connectivity index (χ2v) is 9.09. The van der Waals surface area contributed by atoms with Gasteiger partial charge in [-0.1, -0.05) is 25.1 Å². The van der Waals surface area contributed by atoms with Crippen LogP contribution < -0.4 is 4.72 Å². The summed E-state index contributed by atoms with van der Waals surface area (Å²) in [6.45, 7) is 1.47. The molecule has 0 fully saturated rings. The molecule has 0 aliphatic heterocycles. The van der Waals surface area contributed by atoms with Crippen molar-refractivity contribution in [2.75, 3.05) is 12.3 Å². The number of sulfonamides is 1. The summed E-state index contributed by atoms with van der Waals surface area (Å²) < 4.78 is 56.9. The van der Waals surface area contributed by atoms with Gasteiger partial charge in [-0.3, -0.25) is 0 Å². The second kappa shape index (κ2) is 7.29. The Morgan fingerprint density at radius 3 is 2.30 bits per heavy atom. The zero-order chi connectivity index (χ0) is 16.9. The van der Waals surface area contributed by atoms with Crippen LogP contribution in [0.3, 0.4) is 0 Å². The van der Waals surface area contributed by atoms with Crippen LogP contribution in [0, 0.1) is 0 Å². The molecular formula is C15H19NO5S2. The Labute approximate surface area is 136 Å². The molecule has 1 atom stereocenters. The Kier molecular flexibility index (Phi) is 5.61. The molecule has 1 unspecified atom stereocenters. The van der Waals surface area contributed by atoms with E-state index in [1.165, 1.54) is 24.5 Å². The minimum atomic E-state index is -3.78. The lowest BCUT2D eigenvalue weighted by atomic mass is 10.3. The van der Waals surface area contributed by atoms with Gasteiger partial charge in [0.15, 0.2) is 9.84 Å². The first-order chi connectivity index (χ1) is 10.9. The normalized spacial score (nSPS) is 13.8. The van der Waals surface area contributed by atoms with Crippen molar-refractivity contribution < 1.29 is 21.3 Å². The van der Waals surface area contributed by atoms with Crippen LogP contribution in [0.5, 0.6) is 0 Å². The quantitative estimate of drug-likeness (QED) is 0.781. The Morgan fingerprint density at radius 2 is 1.74 bits per heavy atom. The Morgan fingerprint density at radius 1 is 1.04 bits per heavy atom. The highest BCUT2D eigenvalue weighted by atomic mass is 32.2. The number of benzene rings is 1. The molecule has 23 heavy (non-hydrogen) atoms. The zero-order valence-electron chi connectivity index (χ0n) is 12.7. The van der Waals surface area contributed by atoms with E-state index < -0.39 is 25.1 Å². The summed E-state index contributed by atoms with van der Waals surface area (Å²) in [5.41, 5.74) is 0. The van der Waals surface area contributed by atoms with Crippen molar-refractivity contribution in [1.82, 2.24) is 4.72 Å². The topological polar surface area (TPSA) is 93.4 Å². The van der Waals surface area contributed by atoms with E-state index in [1.807, 2.05) is 0 Å². The lowest BCUT2D eigenvalue weighted by Gasteiger charge is -2.16. The van der Waals surface area contributed by atoms with Crippen LogP contribution >= 0.6 is 0 Å². The number of hydrogen-bond donors (Lipinski definition) is 1. The van der Waals surface area contributed by atoms with E-state index in [0.29, 0.717) is 6.42 Å². The third kappa shape index (κ3) is 4.43. The van der Waals surface area contributed by atoms with Gasteiger partial charge < -0.3 is 4.42 Å². The molecule has 2 aromatic rings. The molecule has 1 aromatic carbocycles. The smallest absolute Gasteiger partial charge is 0.211 e. The van der Waals surface area contributed by atoms with Crippen LogP contribution in [0.15, 0.2) is 58.0 Å². The maximum absolute atomic E-state index is 12.8. The van der Waals surface area contributed by atoms with Gasteiger partial charge in [0.05, 0.1) is 16.9 Å². The first-order valence-electron chi connectivity index (χ1n) is 7.16. The van der Waals surface area contributed by atoms with Crippen molar-refractivity contribution in [1.29, 1.82) is 0 Å². The predicted octanol–water partition coefficient (Wildman–Crippen LogP) is 2.12. The standard InChI is InChI=1S/C15H19NO5S2/c1-2-11-22(17,18)16-12-15(14-9-6-10-21-14)23(19,20)13-7-4-3-5-8-13/h3-10,15-16H,2,11-12H2,1H3. The lowest BCUT2D eigenvalue weighted by Crippen LogP contribution is -2.33.